The summed E-state index contributed by atoms with van der Waals surface area (Å²) in [6.07, 6.45) is -2.92. The molecule has 1 aromatic heterocycles. The van der Waals surface area contributed by atoms with Crippen LogP contribution < -0.4 is 15.8 Å². The number of nitrogens with zero attached hydrogens (tertiary/aromatic N) is 3. The second kappa shape index (κ2) is 9.19. The molecule has 0 unspecified atom stereocenters. The zero-order valence-electron chi connectivity index (χ0n) is 17.7. The summed E-state index contributed by atoms with van der Waals surface area (Å²) in [5.41, 5.74) is 1.10. The summed E-state index contributed by atoms with van der Waals surface area (Å²) in [5, 5.41) is 18.1. The molecule has 2 amide bonds. The molecule has 0 aliphatic carbocycles. The van der Waals surface area contributed by atoms with Gasteiger partial charge in [-0.1, -0.05) is 23.4 Å². The molecule has 0 aliphatic heterocycles. The molecule has 0 aliphatic rings. The van der Waals surface area contributed by atoms with Gasteiger partial charge >= 0.3 is 12.2 Å². The molecule has 4 aromatic rings. The highest BCUT2D eigenvalue weighted by Crippen LogP contribution is 2.30. The number of urea groups is 1. The van der Waals surface area contributed by atoms with E-state index in [0.717, 1.165) is 12.1 Å². The number of nitrogens with one attached hydrogen (secondary N) is 2. The molecule has 0 fully saturated rings. The van der Waals surface area contributed by atoms with Crippen LogP contribution in [-0.2, 0) is 16.2 Å². The first kappa shape index (κ1) is 23.9. The highest BCUT2D eigenvalue weighted by Gasteiger charge is 2.30. The van der Waals surface area contributed by atoms with Gasteiger partial charge in [-0.2, -0.15) is 13.2 Å². The highest BCUT2D eigenvalue weighted by molar-refractivity contribution is 7.89. The van der Waals surface area contributed by atoms with Gasteiger partial charge in [-0.25, -0.2) is 23.0 Å². The van der Waals surface area contributed by atoms with E-state index in [1.807, 2.05) is 0 Å². The Balaban J connectivity index is 1.47. The summed E-state index contributed by atoms with van der Waals surface area (Å²) in [6.45, 7) is 0. The van der Waals surface area contributed by atoms with Gasteiger partial charge in [0.05, 0.1) is 22.3 Å². The average Bonchev–Trinajstić information content (AvgIpc) is 3.29. The van der Waals surface area contributed by atoms with Crippen molar-refractivity contribution < 1.29 is 26.4 Å². The standard InChI is InChI=1S/C22H17F3N6O3S/c23-22(24,25)15-4-2-6-17(12-15)28-21(32)27-16-5-1-3-14(11-16)20-13-31(30-29-20)18-7-9-19(10-8-18)35(26,33)34/h1-13H,(H2,26,33,34)(H2,27,28,32). The Labute approximate surface area is 197 Å². The zero-order chi connectivity index (χ0) is 25.2. The molecule has 13 heteroatoms. The normalized spacial score (nSPS) is 11.8. The van der Waals surface area contributed by atoms with E-state index < -0.39 is 27.8 Å². The zero-order valence-corrected chi connectivity index (χ0v) is 18.5. The number of carbonyl (C=O) groups is 1. The Morgan fingerprint density at radius 3 is 2.17 bits per heavy atom. The van der Waals surface area contributed by atoms with Crippen LogP contribution >= 0.6 is 0 Å². The van der Waals surface area contributed by atoms with Gasteiger partial charge in [0.15, 0.2) is 0 Å². The van der Waals surface area contributed by atoms with Gasteiger partial charge in [0, 0.05) is 16.9 Å². The van der Waals surface area contributed by atoms with Crippen molar-refractivity contribution in [3.8, 4) is 16.9 Å². The molecule has 0 spiro atoms. The number of sulfonamides is 1. The lowest BCUT2D eigenvalue weighted by Gasteiger charge is -2.11. The van der Waals surface area contributed by atoms with Gasteiger partial charge in [-0.15, -0.1) is 5.10 Å². The van der Waals surface area contributed by atoms with Crippen molar-refractivity contribution in [3.63, 3.8) is 0 Å². The first-order valence-corrected chi connectivity index (χ1v) is 11.4. The summed E-state index contributed by atoms with van der Waals surface area (Å²) in [7, 11) is -3.82. The Hall–Kier alpha value is -4.23. The van der Waals surface area contributed by atoms with Crippen LogP contribution in [0.15, 0.2) is 83.9 Å². The number of anilines is 2. The maximum atomic E-state index is 12.9. The number of alkyl halides is 3. The van der Waals surface area contributed by atoms with Crippen LogP contribution in [-0.4, -0.2) is 29.4 Å². The lowest BCUT2D eigenvalue weighted by molar-refractivity contribution is -0.137. The van der Waals surface area contributed by atoms with Crippen LogP contribution in [0.1, 0.15) is 5.56 Å². The summed E-state index contributed by atoms with van der Waals surface area (Å²) >= 11 is 0. The van der Waals surface area contributed by atoms with Gasteiger partial charge in [0.2, 0.25) is 10.0 Å². The van der Waals surface area contributed by atoms with E-state index in [9.17, 15) is 26.4 Å². The lowest BCUT2D eigenvalue weighted by atomic mass is 10.1. The van der Waals surface area contributed by atoms with E-state index in [4.69, 9.17) is 5.14 Å². The second-order valence-corrected chi connectivity index (χ2v) is 8.89. The fourth-order valence-corrected chi connectivity index (χ4v) is 3.65. The first-order valence-electron chi connectivity index (χ1n) is 9.90. The molecule has 4 rings (SSSR count). The highest BCUT2D eigenvalue weighted by atomic mass is 32.2. The number of benzene rings is 3. The molecular weight excluding hydrogens is 485 g/mol. The fourth-order valence-electron chi connectivity index (χ4n) is 3.13. The summed E-state index contributed by atoms with van der Waals surface area (Å²) in [5.74, 6) is 0. The summed E-state index contributed by atoms with van der Waals surface area (Å²) < 4.78 is 62.8. The molecule has 1 heterocycles. The molecule has 0 bridgehead atoms. The maximum Gasteiger partial charge on any atom is 0.416 e. The second-order valence-electron chi connectivity index (χ2n) is 7.33. The van der Waals surface area contributed by atoms with E-state index in [2.05, 4.69) is 20.9 Å². The van der Waals surface area contributed by atoms with E-state index in [0.29, 0.717) is 22.6 Å². The van der Waals surface area contributed by atoms with Crippen LogP contribution in [0.25, 0.3) is 16.9 Å². The monoisotopic (exact) mass is 502 g/mol. The fraction of sp³-hybridized carbons (Fsp3) is 0.0455. The van der Waals surface area contributed by atoms with Crippen LogP contribution in [0.3, 0.4) is 0 Å². The third-order valence-corrected chi connectivity index (χ3v) is 5.72. The molecule has 0 saturated heterocycles. The average molecular weight is 502 g/mol. The topological polar surface area (TPSA) is 132 Å². The lowest BCUT2D eigenvalue weighted by Crippen LogP contribution is -2.19. The number of primary sulfonamides is 1. The van der Waals surface area contributed by atoms with Crippen LogP contribution in [0, 0.1) is 0 Å². The maximum absolute atomic E-state index is 12.9. The summed E-state index contributed by atoms with van der Waals surface area (Å²) in [6, 6.07) is 15.9. The predicted molar refractivity (Wildman–Crippen MR) is 122 cm³/mol. The Bertz CT molecular complexity index is 1480. The number of aromatic nitrogens is 3. The Morgan fingerprint density at radius 2 is 1.54 bits per heavy atom. The third-order valence-electron chi connectivity index (χ3n) is 4.79. The molecule has 3 aromatic carbocycles. The number of halogens is 3. The van der Waals surface area contributed by atoms with Gasteiger partial charge in [0.25, 0.3) is 0 Å². The van der Waals surface area contributed by atoms with Gasteiger partial charge in [-0.05, 0) is 54.6 Å². The van der Waals surface area contributed by atoms with E-state index in [1.165, 1.54) is 41.1 Å². The number of hydrogen-bond acceptors (Lipinski definition) is 5. The molecule has 9 nitrogen and oxygen atoms in total. The van der Waals surface area contributed by atoms with Gasteiger partial charge < -0.3 is 10.6 Å². The van der Waals surface area contributed by atoms with Crippen molar-refractivity contribution >= 4 is 27.4 Å². The van der Waals surface area contributed by atoms with Crippen molar-refractivity contribution in [3.05, 3.63) is 84.6 Å². The Kier molecular flexibility index (Phi) is 6.28. The van der Waals surface area contributed by atoms with E-state index >= 15 is 0 Å². The van der Waals surface area contributed by atoms with Crippen LogP contribution in [0.4, 0.5) is 29.3 Å². The Morgan fingerprint density at radius 1 is 0.914 bits per heavy atom. The van der Waals surface area contributed by atoms with Crippen LogP contribution in [0.5, 0.6) is 0 Å². The quantitative estimate of drug-likeness (QED) is 0.376. The SMILES string of the molecule is NS(=O)(=O)c1ccc(-n2cc(-c3cccc(NC(=O)Nc4cccc(C(F)(F)F)c4)c3)nn2)cc1. The molecule has 0 atom stereocenters. The van der Waals surface area contributed by atoms with Crippen molar-refractivity contribution in [2.75, 3.05) is 10.6 Å². The van der Waals surface area contributed by atoms with Crippen molar-refractivity contribution in [1.82, 2.24) is 15.0 Å². The number of rotatable bonds is 5. The molecule has 4 N–H and O–H groups in total. The van der Waals surface area contributed by atoms with Crippen molar-refractivity contribution in [2.24, 2.45) is 5.14 Å². The van der Waals surface area contributed by atoms with Crippen molar-refractivity contribution in [2.45, 2.75) is 11.1 Å². The molecular formula is C22H17F3N6O3S. The molecule has 0 radical (unpaired) electrons. The van der Waals surface area contributed by atoms with E-state index in [-0.39, 0.29) is 10.6 Å². The van der Waals surface area contributed by atoms with Gasteiger partial charge in [0.1, 0.15) is 5.69 Å². The minimum Gasteiger partial charge on any atom is -0.308 e. The third kappa shape index (κ3) is 5.83. The minimum atomic E-state index is -4.52. The van der Waals surface area contributed by atoms with E-state index in [1.54, 1.807) is 30.5 Å². The number of nitrogens with two attached hydrogens (primary N) is 1. The number of amides is 2. The first-order chi connectivity index (χ1) is 16.5. The molecule has 35 heavy (non-hydrogen) atoms. The summed E-state index contributed by atoms with van der Waals surface area (Å²) in [4.78, 5) is 12.3. The van der Waals surface area contributed by atoms with Crippen molar-refractivity contribution in [1.29, 1.82) is 0 Å². The minimum absolute atomic E-state index is 0.00937. The largest absolute Gasteiger partial charge is 0.416 e. The smallest absolute Gasteiger partial charge is 0.308 e. The number of carbonyl (C=O) groups excluding carboxylic acids is 1. The van der Waals surface area contributed by atoms with Crippen LogP contribution in [0.2, 0.25) is 0 Å². The predicted octanol–water partition coefficient (Wildman–Crippen LogP) is 4.24. The number of hydrogen-bond donors (Lipinski definition) is 3. The van der Waals surface area contributed by atoms with Gasteiger partial charge in [-0.3, -0.25) is 0 Å². The molecule has 180 valence electrons. The molecule has 0 saturated carbocycles.